The third-order valence-electron chi connectivity index (χ3n) is 7.49. The lowest BCUT2D eigenvalue weighted by Crippen LogP contribution is -2.60. The second-order valence-corrected chi connectivity index (χ2v) is 12.8. The van der Waals surface area contributed by atoms with Crippen LogP contribution in [-0.4, -0.2) is 42.2 Å². The number of benzene rings is 4. The zero-order chi connectivity index (χ0) is 30.7. The first-order chi connectivity index (χ1) is 20.6. The molecule has 1 saturated heterocycles. The Morgan fingerprint density at radius 3 is 1.88 bits per heavy atom. The minimum atomic E-state index is -4.73. The molecule has 1 aliphatic rings. The van der Waals surface area contributed by atoms with Crippen LogP contribution in [0.3, 0.4) is 0 Å². The van der Waals surface area contributed by atoms with Gasteiger partial charge >= 0.3 is 5.97 Å². The molecule has 0 amide bonds. The van der Waals surface area contributed by atoms with Crippen LogP contribution in [0, 0.1) is 11.6 Å². The van der Waals surface area contributed by atoms with Crippen LogP contribution in [0.4, 0.5) is 8.78 Å². The number of ether oxygens (including phenoxy) is 1. The first-order valence-corrected chi connectivity index (χ1v) is 15.6. The number of carbonyl (C=O) groups excluding carboxylic acids is 2. The van der Waals surface area contributed by atoms with Crippen LogP contribution in [0.25, 0.3) is 0 Å². The lowest BCUT2D eigenvalue weighted by atomic mass is 9.90. The fourth-order valence-corrected chi connectivity index (χ4v) is 8.26. The van der Waals surface area contributed by atoms with Crippen LogP contribution in [0.15, 0.2) is 103 Å². The summed E-state index contributed by atoms with van der Waals surface area (Å²) < 4.78 is 64.1. The van der Waals surface area contributed by atoms with Gasteiger partial charge in [0, 0.05) is 17.1 Å². The topological polar surface area (TPSA) is 80.8 Å². The number of sulfone groups is 1. The highest BCUT2D eigenvalue weighted by molar-refractivity contribution is 7.94. The molecule has 4 aromatic rings. The van der Waals surface area contributed by atoms with Gasteiger partial charge in [0.15, 0.2) is 20.9 Å². The fraction of sp³-hybridized carbons (Fsp3) is 0.212. The molecular weight excluding hydrogens is 596 g/mol. The molecule has 222 valence electrons. The van der Waals surface area contributed by atoms with Crippen LogP contribution < -0.4 is 0 Å². The monoisotopic (exact) mass is 623 g/mol. The number of halogens is 3. The van der Waals surface area contributed by atoms with Gasteiger partial charge in [-0.3, -0.25) is 14.5 Å². The number of nitrogens with zero attached hydrogens (tertiary/aromatic N) is 1. The zero-order valence-electron chi connectivity index (χ0n) is 23.1. The zero-order valence-corrected chi connectivity index (χ0v) is 24.6. The van der Waals surface area contributed by atoms with Crippen molar-refractivity contribution in [1.82, 2.24) is 4.90 Å². The molecule has 0 aromatic heterocycles. The van der Waals surface area contributed by atoms with Crippen LogP contribution >= 0.6 is 11.6 Å². The predicted molar refractivity (Wildman–Crippen MR) is 159 cm³/mol. The highest BCUT2D eigenvalue weighted by atomic mass is 35.5. The largest absolute Gasteiger partial charge is 0.465 e. The van der Waals surface area contributed by atoms with Crippen molar-refractivity contribution in [3.05, 3.63) is 142 Å². The fourth-order valence-electron chi connectivity index (χ4n) is 5.70. The van der Waals surface area contributed by atoms with E-state index < -0.39 is 55.8 Å². The van der Waals surface area contributed by atoms with Crippen LogP contribution in [0.1, 0.15) is 46.1 Å². The quantitative estimate of drug-likeness (QED) is 0.164. The van der Waals surface area contributed by atoms with E-state index >= 15 is 0 Å². The van der Waals surface area contributed by atoms with Crippen molar-refractivity contribution in [2.24, 2.45) is 0 Å². The molecule has 0 saturated carbocycles. The molecule has 0 spiro atoms. The number of esters is 1. The average molecular weight is 624 g/mol. The third-order valence-corrected chi connectivity index (χ3v) is 10.1. The Balaban J connectivity index is 1.83. The summed E-state index contributed by atoms with van der Waals surface area (Å²) in [6, 6.07) is 22.9. The molecule has 0 radical (unpaired) electrons. The minimum absolute atomic E-state index is 0.0407. The molecule has 4 unspecified atom stereocenters. The van der Waals surface area contributed by atoms with Crippen LogP contribution in [0.2, 0.25) is 5.02 Å². The summed E-state index contributed by atoms with van der Waals surface area (Å²) in [6.07, 6.45) is 0. The van der Waals surface area contributed by atoms with Crippen molar-refractivity contribution in [2.45, 2.75) is 36.1 Å². The Hall–Kier alpha value is -3.92. The van der Waals surface area contributed by atoms with E-state index in [2.05, 4.69) is 0 Å². The molecule has 0 aliphatic carbocycles. The molecule has 1 heterocycles. The summed E-state index contributed by atoms with van der Waals surface area (Å²) in [7, 11) is -4.73. The maximum Gasteiger partial charge on any atom is 0.326 e. The summed E-state index contributed by atoms with van der Waals surface area (Å²) in [5.41, 5.74) is 1.17. The second kappa shape index (κ2) is 12.8. The number of ketones is 1. The van der Waals surface area contributed by atoms with Gasteiger partial charge in [-0.15, -0.1) is 0 Å². The average Bonchev–Trinajstić information content (AvgIpc) is 2.98. The number of hydrogen-bond acceptors (Lipinski definition) is 6. The summed E-state index contributed by atoms with van der Waals surface area (Å²) in [4.78, 5) is 29.5. The van der Waals surface area contributed by atoms with Crippen molar-refractivity contribution in [3.8, 4) is 0 Å². The Morgan fingerprint density at radius 2 is 1.35 bits per heavy atom. The molecule has 43 heavy (non-hydrogen) atoms. The van der Waals surface area contributed by atoms with Crippen molar-refractivity contribution in [3.63, 3.8) is 0 Å². The molecular formula is C33H28ClF2NO5S. The van der Waals surface area contributed by atoms with Gasteiger partial charge in [-0.2, -0.15) is 0 Å². The first kappa shape index (κ1) is 30.5. The summed E-state index contributed by atoms with van der Waals surface area (Å²) in [5, 5.41) is -3.41. The standard InChI is InChI=1S/C33H28ClF2NO5S/c1-2-42-33(39)32-29(24-11-7-13-27(36)19-24)37(20-21-8-4-3-5-9-21)28(23-10-6-12-26(35)18-23)31(43(32,40)41)30(38)22-14-16-25(34)17-15-22/h3-19,28-29,31-32H,2,20H2,1H3. The molecule has 0 bridgehead atoms. The van der Waals surface area contributed by atoms with Gasteiger partial charge in [0.05, 0.1) is 18.7 Å². The second-order valence-electron chi connectivity index (χ2n) is 10.2. The van der Waals surface area contributed by atoms with Gasteiger partial charge in [-0.1, -0.05) is 66.2 Å². The molecule has 1 aliphatic heterocycles. The van der Waals surface area contributed by atoms with E-state index in [9.17, 15) is 26.8 Å². The molecule has 4 atom stereocenters. The summed E-state index contributed by atoms with van der Waals surface area (Å²) in [5.74, 6) is -3.14. The number of rotatable bonds is 8. The van der Waals surface area contributed by atoms with Gasteiger partial charge < -0.3 is 4.74 Å². The number of hydrogen-bond donors (Lipinski definition) is 0. The van der Waals surface area contributed by atoms with Crippen molar-refractivity contribution >= 4 is 33.2 Å². The van der Waals surface area contributed by atoms with Crippen molar-refractivity contribution in [1.29, 1.82) is 0 Å². The predicted octanol–water partition coefficient (Wildman–Crippen LogP) is 6.51. The van der Waals surface area contributed by atoms with Gasteiger partial charge in [0.1, 0.15) is 16.9 Å². The Bertz CT molecular complexity index is 1730. The first-order valence-electron chi connectivity index (χ1n) is 13.6. The highest BCUT2D eigenvalue weighted by Gasteiger charge is 2.59. The SMILES string of the molecule is CCOC(=O)C1C(c2cccc(F)c2)N(Cc2ccccc2)C(c2cccc(F)c2)C(C(=O)c2ccc(Cl)cc2)S1(=O)=O. The Kier molecular flexibility index (Phi) is 9.05. The van der Waals surface area contributed by atoms with E-state index in [-0.39, 0.29) is 29.8 Å². The molecule has 4 aromatic carbocycles. The molecule has 0 N–H and O–H groups in total. The van der Waals surface area contributed by atoms with Gasteiger partial charge in [-0.05, 0) is 72.1 Å². The van der Waals surface area contributed by atoms with Gasteiger partial charge in [0.25, 0.3) is 0 Å². The number of carbonyl (C=O) groups is 2. The maximum absolute atomic E-state index is 14.8. The molecule has 5 rings (SSSR count). The lowest BCUT2D eigenvalue weighted by molar-refractivity contribution is -0.144. The van der Waals surface area contributed by atoms with E-state index in [4.69, 9.17) is 16.3 Å². The van der Waals surface area contributed by atoms with E-state index in [0.29, 0.717) is 5.02 Å². The molecule has 10 heteroatoms. The van der Waals surface area contributed by atoms with Crippen molar-refractivity contribution in [2.75, 3.05) is 6.61 Å². The Labute approximate surface area is 253 Å². The summed E-state index contributed by atoms with van der Waals surface area (Å²) >= 11 is 6.04. The van der Waals surface area contributed by atoms with E-state index in [0.717, 1.165) is 11.6 Å². The van der Waals surface area contributed by atoms with Crippen LogP contribution in [-0.2, 0) is 25.9 Å². The van der Waals surface area contributed by atoms with E-state index in [1.165, 1.54) is 73.7 Å². The van der Waals surface area contributed by atoms with E-state index in [1.54, 1.807) is 17.0 Å². The highest BCUT2D eigenvalue weighted by Crippen LogP contribution is 2.48. The van der Waals surface area contributed by atoms with Gasteiger partial charge in [0.2, 0.25) is 0 Å². The number of Topliss-reactive ketones (excluding diaryl/α,β-unsaturated/α-hetero) is 1. The molecule has 6 nitrogen and oxygen atoms in total. The lowest BCUT2D eigenvalue weighted by Gasteiger charge is -2.48. The smallest absolute Gasteiger partial charge is 0.326 e. The maximum atomic E-state index is 14.8. The van der Waals surface area contributed by atoms with Gasteiger partial charge in [-0.25, -0.2) is 17.2 Å². The van der Waals surface area contributed by atoms with Crippen LogP contribution in [0.5, 0.6) is 0 Å². The summed E-state index contributed by atoms with van der Waals surface area (Å²) in [6.45, 7) is 1.46. The molecule has 1 fully saturated rings. The normalized spacial score (nSPS) is 21.7. The Morgan fingerprint density at radius 1 is 0.791 bits per heavy atom. The third kappa shape index (κ3) is 6.25. The van der Waals surface area contributed by atoms with E-state index in [1.807, 2.05) is 18.2 Å². The minimum Gasteiger partial charge on any atom is -0.465 e. The van der Waals surface area contributed by atoms with Crippen molar-refractivity contribution < 1.29 is 31.5 Å².